The number of benzene rings is 1. The van der Waals surface area contributed by atoms with Crippen molar-refractivity contribution in [3.8, 4) is 11.1 Å². The molecule has 1 aliphatic heterocycles. The topological polar surface area (TPSA) is 80.1 Å². The van der Waals surface area contributed by atoms with Gasteiger partial charge in [-0.3, -0.25) is 4.68 Å². The highest BCUT2D eigenvalue weighted by molar-refractivity contribution is 7.89. The van der Waals surface area contributed by atoms with Crippen LogP contribution in [0.5, 0.6) is 0 Å². The lowest BCUT2D eigenvalue weighted by Gasteiger charge is -2.26. The number of nitrogens with zero attached hydrogens (tertiary/aromatic N) is 4. The Morgan fingerprint density at radius 3 is 2.66 bits per heavy atom. The lowest BCUT2D eigenvalue weighted by atomic mass is 10.1. The van der Waals surface area contributed by atoms with Crippen LogP contribution in [0.3, 0.4) is 0 Å². The summed E-state index contributed by atoms with van der Waals surface area (Å²) < 4.78 is 29.5. The molecule has 29 heavy (non-hydrogen) atoms. The quantitative estimate of drug-likeness (QED) is 0.673. The Labute approximate surface area is 171 Å². The van der Waals surface area contributed by atoms with Crippen LogP contribution in [0.15, 0.2) is 59.9 Å². The number of sulfonamides is 1. The van der Waals surface area contributed by atoms with Gasteiger partial charge < -0.3 is 5.32 Å². The summed E-state index contributed by atoms with van der Waals surface area (Å²) in [5.41, 5.74) is 3.15. The first-order valence-electron chi connectivity index (χ1n) is 9.81. The Kier molecular flexibility index (Phi) is 5.64. The van der Waals surface area contributed by atoms with Gasteiger partial charge in [-0.1, -0.05) is 24.6 Å². The molecule has 4 rings (SSSR count). The fourth-order valence-electron chi connectivity index (χ4n) is 3.59. The molecule has 0 radical (unpaired) electrons. The summed E-state index contributed by atoms with van der Waals surface area (Å²) in [6, 6.07) is 11.4. The summed E-state index contributed by atoms with van der Waals surface area (Å²) in [5, 5.41) is 7.44. The average Bonchev–Trinajstić information content (AvgIpc) is 3.20. The van der Waals surface area contributed by atoms with E-state index in [0.717, 1.165) is 36.0 Å². The number of piperidine rings is 1. The summed E-state index contributed by atoms with van der Waals surface area (Å²) in [4.78, 5) is 4.55. The fourth-order valence-corrected chi connectivity index (χ4v) is 5.23. The van der Waals surface area contributed by atoms with Crippen LogP contribution in [0.2, 0.25) is 0 Å². The fraction of sp³-hybridized carbons (Fsp3) is 0.333. The van der Waals surface area contributed by atoms with Gasteiger partial charge in [0.1, 0.15) is 10.7 Å². The highest BCUT2D eigenvalue weighted by Crippen LogP contribution is 2.26. The maximum atomic E-state index is 13.1. The van der Waals surface area contributed by atoms with Crippen LogP contribution in [-0.4, -0.2) is 40.6 Å². The first-order valence-corrected chi connectivity index (χ1v) is 11.2. The van der Waals surface area contributed by atoms with E-state index in [4.69, 9.17) is 0 Å². The Morgan fingerprint density at radius 1 is 1.07 bits per heavy atom. The molecule has 0 saturated carbocycles. The SMILES string of the molecule is Cn1cc(-c2cccc(CNc3ncccc3S(=O)(=O)N3CCCCC3)c2)cn1. The molecule has 0 amide bonds. The number of rotatable bonds is 6. The molecule has 0 aliphatic carbocycles. The number of aryl methyl sites for hydroxylation is 1. The van der Waals surface area contributed by atoms with E-state index < -0.39 is 10.0 Å². The third kappa shape index (κ3) is 4.33. The third-order valence-electron chi connectivity index (χ3n) is 5.13. The molecule has 0 unspecified atom stereocenters. The van der Waals surface area contributed by atoms with Crippen molar-refractivity contribution in [1.82, 2.24) is 19.1 Å². The first-order chi connectivity index (χ1) is 14.0. The highest BCUT2D eigenvalue weighted by Gasteiger charge is 2.28. The smallest absolute Gasteiger partial charge is 0.246 e. The molecule has 0 spiro atoms. The number of aromatic nitrogens is 3. The number of anilines is 1. The molecule has 2 aromatic heterocycles. The van der Waals surface area contributed by atoms with Crippen LogP contribution in [0.1, 0.15) is 24.8 Å². The number of hydrogen-bond donors (Lipinski definition) is 1. The minimum atomic E-state index is -3.55. The molecule has 1 fully saturated rings. The number of nitrogens with one attached hydrogen (secondary N) is 1. The second-order valence-electron chi connectivity index (χ2n) is 7.27. The van der Waals surface area contributed by atoms with Crippen molar-refractivity contribution in [2.75, 3.05) is 18.4 Å². The van der Waals surface area contributed by atoms with E-state index in [9.17, 15) is 8.42 Å². The lowest BCUT2D eigenvalue weighted by molar-refractivity contribution is 0.346. The normalized spacial score (nSPS) is 15.3. The third-order valence-corrected chi connectivity index (χ3v) is 7.06. The first kappa shape index (κ1) is 19.6. The van der Waals surface area contributed by atoms with Gasteiger partial charge in [-0.25, -0.2) is 13.4 Å². The van der Waals surface area contributed by atoms with Crippen molar-refractivity contribution in [3.63, 3.8) is 0 Å². The van der Waals surface area contributed by atoms with Crippen LogP contribution >= 0.6 is 0 Å². The van der Waals surface area contributed by atoms with Crippen LogP contribution in [0.4, 0.5) is 5.82 Å². The molecule has 1 aromatic carbocycles. The van der Waals surface area contributed by atoms with Gasteiger partial charge in [0.15, 0.2) is 0 Å². The Bertz CT molecular complexity index is 1090. The van der Waals surface area contributed by atoms with Gasteiger partial charge in [-0.05, 0) is 42.2 Å². The van der Waals surface area contributed by atoms with Crippen LogP contribution in [0.25, 0.3) is 11.1 Å². The van der Waals surface area contributed by atoms with Crippen molar-refractivity contribution >= 4 is 15.8 Å². The minimum Gasteiger partial charge on any atom is -0.365 e. The molecule has 0 bridgehead atoms. The van der Waals surface area contributed by atoms with Crippen molar-refractivity contribution < 1.29 is 8.42 Å². The molecular formula is C21H25N5O2S. The zero-order chi connectivity index (χ0) is 20.3. The van der Waals surface area contributed by atoms with Gasteiger partial charge >= 0.3 is 0 Å². The second-order valence-corrected chi connectivity index (χ2v) is 9.18. The number of hydrogen-bond acceptors (Lipinski definition) is 5. The standard InChI is InChI=1S/C21H25N5O2S/c1-25-16-19(15-24-25)18-8-5-7-17(13-18)14-23-21-20(9-6-10-22-21)29(27,28)26-11-3-2-4-12-26/h5-10,13,15-16H,2-4,11-12,14H2,1H3,(H,22,23). The predicted molar refractivity (Wildman–Crippen MR) is 113 cm³/mol. The number of pyridine rings is 1. The summed E-state index contributed by atoms with van der Waals surface area (Å²) >= 11 is 0. The summed E-state index contributed by atoms with van der Waals surface area (Å²) in [6.07, 6.45) is 8.30. The van der Waals surface area contributed by atoms with Crippen molar-refractivity contribution in [3.05, 3.63) is 60.6 Å². The van der Waals surface area contributed by atoms with Gasteiger partial charge in [0.25, 0.3) is 0 Å². The van der Waals surface area contributed by atoms with Gasteiger partial charge in [0, 0.05) is 44.6 Å². The summed E-state index contributed by atoms with van der Waals surface area (Å²) in [5.74, 6) is 0.393. The van der Waals surface area contributed by atoms with Gasteiger partial charge in [-0.15, -0.1) is 0 Å². The van der Waals surface area contributed by atoms with Crippen LogP contribution in [-0.2, 0) is 23.6 Å². The minimum absolute atomic E-state index is 0.241. The summed E-state index contributed by atoms with van der Waals surface area (Å²) in [6.45, 7) is 1.63. The summed E-state index contributed by atoms with van der Waals surface area (Å²) in [7, 11) is -1.66. The van der Waals surface area contributed by atoms with Gasteiger partial charge in [-0.2, -0.15) is 9.40 Å². The van der Waals surface area contributed by atoms with E-state index in [0.29, 0.717) is 25.5 Å². The average molecular weight is 412 g/mol. The largest absolute Gasteiger partial charge is 0.365 e. The predicted octanol–water partition coefficient (Wildman–Crippen LogP) is 3.27. The molecule has 7 nitrogen and oxygen atoms in total. The van der Waals surface area contributed by atoms with Crippen molar-refractivity contribution in [1.29, 1.82) is 0 Å². The van der Waals surface area contributed by atoms with E-state index in [1.165, 1.54) is 0 Å². The molecule has 3 heterocycles. The molecule has 1 N–H and O–H groups in total. The Balaban J connectivity index is 1.54. The molecule has 3 aromatic rings. The van der Waals surface area contributed by atoms with E-state index in [-0.39, 0.29) is 4.90 Å². The van der Waals surface area contributed by atoms with Gasteiger partial charge in [0.05, 0.1) is 6.20 Å². The zero-order valence-electron chi connectivity index (χ0n) is 16.5. The highest BCUT2D eigenvalue weighted by atomic mass is 32.2. The van der Waals surface area contributed by atoms with Crippen molar-refractivity contribution in [2.24, 2.45) is 7.05 Å². The molecular weight excluding hydrogens is 386 g/mol. The van der Waals surface area contributed by atoms with Gasteiger partial charge in [0.2, 0.25) is 10.0 Å². The maximum Gasteiger partial charge on any atom is 0.246 e. The molecule has 0 atom stereocenters. The monoisotopic (exact) mass is 411 g/mol. The van der Waals surface area contributed by atoms with Crippen molar-refractivity contribution in [2.45, 2.75) is 30.7 Å². The van der Waals surface area contributed by atoms with E-state index in [1.54, 1.807) is 27.3 Å². The molecule has 152 valence electrons. The molecule has 1 aliphatic rings. The lowest BCUT2D eigenvalue weighted by Crippen LogP contribution is -2.36. The van der Waals surface area contributed by atoms with Crippen LogP contribution < -0.4 is 5.32 Å². The molecule has 1 saturated heterocycles. The zero-order valence-corrected chi connectivity index (χ0v) is 17.3. The van der Waals surface area contributed by atoms with E-state index in [2.05, 4.69) is 21.5 Å². The molecule has 8 heteroatoms. The maximum absolute atomic E-state index is 13.1. The Hall–Kier alpha value is -2.71. The second kappa shape index (κ2) is 8.34. The van der Waals surface area contributed by atoms with Crippen LogP contribution in [0, 0.1) is 0 Å². The van der Waals surface area contributed by atoms with E-state index in [1.807, 2.05) is 37.6 Å². The van der Waals surface area contributed by atoms with E-state index >= 15 is 0 Å². The Morgan fingerprint density at radius 2 is 1.90 bits per heavy atom.